The highest BCUT2D eigenvalue weighted by atomic mass is 35.5. The van der Waals surface area contributed by atoms with Crippen molar-refractivity contribution in [2.45, 2.75) is 25.8 Å². The van der Waals surface area contributed by atoms with Crippen molar-refractivity contribution in [1.29, 1.82) is 0 Å². The molecule has 2 N–H and O–H groups in total. The quantitative estimate of drug-likeness (QED) is 0.754. The Hall–Kier alpha value is -0.310. The van der Waals surface area contributed by atoms with Gasteiger partial charge in [-0.3, -0.25) is 0 Å². The fourth-order valence-electron chi connectivity index (χ4n) is 1.81. The molecular formula is C10H12Cl2N2. The minimum atomic E-state index is -0.284. The van der Waals surface area contributed by atoms with Crippen LogP contribution in [0.2, 0.25) is 10.2 Å². The monoisotopic (exact) mass is 230 g/mol. The van der Waals surface area contributed by atoms with Crippen molar-refractivity contribution in [1.82, 2.24) is 4.98 Å². The van der Waals surface area contributed by atoms with Crippen LogP contribution in [0.3, 0.4) is 0 Å². The second kappa shape index (κ2) is 2.84. The van der Waals surface area contributed by atoms with Gasteiger partial charge in [0, 0.05) is 11.7 Å². The van der Waals surface area contributed by atoms with Gasteiger partial charge in [-0.2, -0.15) is 0 Å². The summed E-state index contributed by atoms with van der Waals surface area (Å²) in [4.78, 5) is 4.00. The van der Waals surface area contributed by atoms with E-state index in [1.807, 2.05) is 6.07 Å². The fraction of sp³-hybridized carbons (Fsp3) is 0.500. The van der Waals surface area contributed by atoms with E-state index in [1.54, 1.807) is 6.20 Å². The van der Waals surface area contributed by atoms with Crippen LogP contribution in [-0.4, -0.2) is 4.98 Å². The van der Waals surface area contributed by atoms with E-state index in [4.69, 9.17) is 28.9 Å². The number of aromatic nitrogens is 1. The van der Waals surface area contributed by atoms with Gasteiger partial charge < -0.3 is 5.73 Å². The van der Waals surface area contributed by atoms with Gasteiger partial charge >= 0.3 is 0 Å². The van der Waals surface area contributed by atoms with Crippen LogP contribution in [0.4, 0.5) is 0 Å². The molecule has 1 aliphatic carbocycles. The molecule has 1 saturated carbocycles. The average molecular weight is 231 g/mol. The largest absolute Gasteiger partial charge is 0.321 e. The fourth-order valence-corrected chi connectivity index (χ4v) is 2.08. The zero-order chi connectivity index (χ0) is 10.6. The second-order valence-corrected chi connectivity index (χ2v) is 5.29. The summed E-state index contributed by atoms with van der Waals surface area (Å²) in [6.45, 7) is 4.27. The Balaban J connectivity index is 2.40. The van der Waals surface area contributed by atoms with E-state index in [0.717, 1.165) is 12.0 Å². The predicted molar refractivity (Wildman–Crippen MR) is 58.5 cm³/mol. The first kappa shape index (κ1) is 10.2. The van der Waals surface area contributed by atoms with Crippen LogP contribution < -0.4 is 5.73 Å². The molecule has 0 bridgehead atoms. The van der Waals surface area contributed by atoms with Gasteiger partial charge in [0.2, 0.25) is 0 Å². The molecule has 1 unspecified atom stereocenters. The van der Waals surface area contributed by atoms with Gasteiger partial charge in [-0.05, 0) is 23.5 Å². The first-order valence-corrected chi connectivity index (χ1v) is 5.23. The van der Waals surface area contributed by atoms with Crippen molar-refractivity contribution >= 4 is 23.2 Å². The summed E-state index contributed by atoms with van der Waals surface area (Å²) >= 11 is 11.6. The summed E-state index contributed by atoms with van der Waals surface area (Å²) in [5.41, 5.74) is 7.04. The van der Waals surface area contributed by atoms with Crippen LogP contribution in [-0.2, 0) is 5.54 Å². The number of hydrogen-bond donors (Lipinski definition) is 1. The van der Waals surface area contributed by atoms with Crippen molar-refractivity contribution in [3.8, 4) is 0 Å². The minimum absolute atomic E-state index is 0.131. The highest BCUT2D eigenvalue weighted by Crippen LogP contribution is 2.60. The minimum Gasteiger partial charge on any atom is -0.321 e. The first-order chi connectivity index (χ1) is 6.37. The Morgan fingerprint density at radius 3 is 2.43 bits per heavy atom. The second-order valence-electron chi connectivity index (χ2n) is 4.53. The van der Waals surface area contributed by atoms with E-state index in [0.29, 0.717) is 10.2 Å². The number of nitrogens with two attached hydrogens (primary N) is 1. The van der Waals surface area contributed by atoms with Crippen LogP contribution >= 0.6 is 23.2 Å². The highest BCUT2D eigenvalue weighted by Gasteiger charge is 2.59. The van der Waals surface area contributed by atoms with Crippen LogP contribution in [0.1, 0.15) is 25.8 Å². The molecule has 1 heterocycles. The van der Waals surface area contributed by atoms with Gasteiger partial charge in [-0.25, -0.2) is 4.98 Å². The molecule has 0 aromatic carbocycles. The lowest BCUT2D eigenvalue weighted by Crippen LogP contribution is -2.25. The van der Waals surface area contributed by atoms with Gasteiger partial charge in [0.05, 0.1) is 5.02 Å². The normalized spacial score (nSPS) is 28.9. The summed E-state index contributed by atoms with van der Waals surface area (Å²) in [5, 5.41) is 0.800. The lowest BCUT2D eigenvalue weighted by Gasteiger charge is -2.15. The van der Waals surface area contributed by atoms with E-state index < -0.39 is 0 Å². The molecule has 1 aromatic heterocycles. The van der Waals surface area contributed by atoms with Gasteiger partial charge in [0.25, 0.3) is 0 Å². The average Bonchev–Trinajstić information content (AvgIpc) is 2.58. The van der Waals surface area contributed by atoms with E-state index in [-0.39, 0.29) is 11.0 Å². The van der Waals surface area contributed by atoms with E-state index >= 15 is 0 Å². The van der Waals surface area contributed by atoms with Crippen molar-refractivity contribution in [3.05, 3.63) is 28.0 Å². The maximum absolute atomic E-state index is 6.22. The molecule has 14 heavy (non-hydrogen) atoms. The number of halogens is 2. The maximum atomic E-state index is 6.22. The molecule has 76 valence electrons. The van der Waals surface area contributed by atoms with Crippen LogP contribution in [0, 0.1) is 5.41 Å². The van der Waals surface area contributed by atoms with Crippen molar-refractivity contribution in [2.75, 3.05) is 0 Å². The molecule has 1 atom stereocenters. The van der Waals surface area contributed by atoms with Crippen molar-refractivity contribution in [2.24, 2.45) is 11.1 Å². The number of hydrogen-bond acceptors (Lipinski definition) is 2. The third-order valence-corrected chi connectivity index (χ3v) is 3.80. The summed E-state index contributed by atoms with van der Waals surface area (Å²) in [5.74, 6) is 0. The zero-order valence-corrected chi connectivity index (χ0v) is 9.65. The lowest BCUT2D eigenvalue weighted by atomic mass is 9.99. The van der Waals surface area contributed by atoms with Crippen molar-refractivity contribution < 1.29 is 0 Å². The van der Waals surface area contributed by atoms with Gasteiger partial charge in [-0.15, -0.1) is 0 Å². The molecule has 4 heteroatoms. The molecule has 2 rings (SSSR count). The summed E-state index contributed by atoms with van der Waals surface area (Å²) in [6, 6.07) is 1.81. The number of pyridine rings is 1. The molecule has 1 fully saturated rings. The van der Waals surface area contributed by atoms with E-state index in [1.165, 1.54) is 0 Å². The Morgan fingerprint density at radius 1 is 1.43 bits per heavy atom. The van der Waals surface area contributed by atoms with Gasteiger partial charge in [0.15, 0.2) is 0 Å². The maximum Gasteiger partial charge on any atom is 0.147 e. The Morgan fingerprint density at radius 2 is 2.00 bits per heavy atom. The molecule has 2 nitrogen and oxygen atoms in total. The standard InChI is InChI=1S/C10H12Cl2N2/c1-9(2)5-10(9,13)6-3-7(11)8(12)14-4-6/h3-4H,5,13H2,1-2H3. The van der Waals surface area contributed by atoms with Gasteiger partial charge in [-0.1, -0.05) is 37.0 Å². The molecule has 0 aliphatic heterocycles. The van der Waals surface area contributed by atoms with Crippen LogP contribution in [0.25, 0.3) is 0 Å². The molecule has 0 saturated heterocycles. The smallest absolute Gasteiger partial charge is 0.147 e. The third-order valence-electron chi connectivity index (χ3n) is 3.11. The van der Waals surface area contributed by atoms with E-state index in [9.17, 15) is 0 Å². The zero-order valence-electron chi connectivity index (χ0n) is 8.14. The van der Waals surface area contributed by atoms with Crippen LogP contribution in [0.5, 0.6) is 0 Å². The van der Waals surface area contributed by atoms with Crippen molar-refractivity contribution in [3.63, 3.8) is 0 Å². The molecule has 1 aliphatic rings. The summed E-state index contributed by atoms with van der Waals surface area (Å²) in [7, 11) is 0. The van der Waals surface area contributed by atoms with Gasteiger partial charge in [0.1, 0.15) is 5.15 Å². The highest BCUT2D eigenvalue weighted by molar-refractivity contribution is 6.41. The summed E-state index contributed by atoms with van der Waals surface area (Å²) in [6.07, 6.45) is 2.67. The predicted octanol–water partition coefficient (Wildman–Crippen LogP) is 2.97. The topological polar surface area (TPSA) is 38.9 Å². The first-order valence-electron chi connectivity index (χ1n) is 4.47. The third kappa shape index (κ3) is 1.33. The number of rotatable bonds is 1. The summed E-state index contributed by atoms with van der Waals surface area (Å²) < 4.78 is 0. The van der Waals surface area contributed by atoms with Crippen LogP contribution in [0.15, 0.2) is 12.3 Å². The lowest BCUT2D eigenvalue weighted by molar-refractivity contribution is 0.509. The number of nitrogens with zero attached hydrogens (tertiary/aromatic N) is 1. The Labute approximate surface area is 93.4 Å². The Kier molecular flexibility index (Phi) is 2.08. The molecule has 0 amide bonds. The Bertz CT molecular complexity index is 390. The molecule has 0 radical (unpaired) electrons. The SMILES string of the molecule is CC1(C)CC1(N)c1cnc(Cl)c(Cl)c1. The van der Waals surface area contributed by atoms with E-state index in [2.05, 4.69) is 18.8 Å². The molecular weight excluding hydrogens is 219 g/mol. The molecule has 0 spiro atoms. The molecule has 1 aromatic rings.